The molecule has 0 aliphatic carbocycles. The summed E-state index contributed by atoms with van der Waals surface area (Å²) in [6, 6.07) is 6.98. The van der Waals surface area contributed by atoms with E-state index in [4.69, 9.17) is 19.7 Å². The van der Waals surface area contributed by atoms with Gasteiger partial charge in [0.1, 0.15) is 0 Å². The first-order chi connectivity index (χ1) is 10.0. The molecule has 0 radical (unpaired) electrons. The van der Waals surface area contributed by atoms with Crippen LogP contribution < -0.4 is 14.8 Å². The summed E-state index contributed by atoms with van der Waals surface area (Å²) in [7, 11) is 0. The number of ether oxygens (including phenoxy) is 2. The number of para-hydroxylation sites is 2. The molecular formula is C14H19NO6. The van der Waals surface area contributed by atoms with Gasteiger partial charge in [-0.15, -0.1) is 0 Å². The first-order valence-electron chi connectivity index (χ1n) is 6.56. The third kappa shape index (κ3) is 6.13. The summed E-state index contributed by atoms with van der Waals surface area (Å²) in [4.78, 5) is 21.9. The maximum atomic E-state index is 11.5. The second kappa shape index (κ2) is 8.80. The Labute approximate surface area is 122 Å². The van der Waals surface area contributed by atoms with Gasteiger partial charge in [-0.05, 0) is 19.1 Å². The fourth-order valence-corrected chi connectivity index (χ4v) is 1.51. The van der Waals surface area contributed by atoms with Crippen molar-refractivity contribution in [3.05, 3.63) is 24.3 Å². The van der Waals surface area contributed by atoms with Gasteiger partial charge < -0.3 is 25.0 Å². The van der Waals surface area contributed by atoms with Gasteiger partial charge >= 0.3 is 5.97 Å². The van der Waals surface area contributed by atoms with Crippen LogP contribution in [0.3, 0.4) is 0 Å². The normalized spacial score (nSPS) is 11.5. The van der Waals surface area contributed by atoms with Crippen molar-refractivity contribution in [2.45, 2.75) is 19.4 Å². The Morgan fingerprint density at radius 2 is 1.86 bits per heavy atom. The molecule has 1 rings (SSSR count). The number of aliphatic hydroxyl groups is 1. The minimum atomic E-state index is -1.48. The predicted octanol–water partition coefficient (Wildman–Crippen LogP) is 0.416. The lowest BCUT2D eigenvalue weighted by Gasteiger charge is -2.12. The molecule has 116 valence electrons. The Balaban J connectivity index is 2.35. The van der Waals surface area contributed by atoms with E-state index in [0.29, 0.717) is 18.1 Å². The Morgan fingerprint density at radius 3 is 2.43 bits per heavy atom. The van der Waals surface area contributed by atoms with Crippen molar-refractivity contribution in [3.63, 3.8) is 0 Å². The van der Waals surface area contributed by atoms with Crippen molar-refractivity contribution in [1.82, 2.24) is 5.32 Å². The molecule has 3 N–H and O–H groups in total. The molecule has 0 aliphatic rings. The number of carboxylic acids is 1. The van der Waals surface area contributed by atoms with E-state index in [2.05, 4.69) is 5.32 Å². The standard InChI is InChI=1S/C14H19NO6/c1-2-20-11-5-3-4-6-12(11)21-9-13(17)15-8-7-10(16)14(18)19/h3-6,10,16H,2,7-9H2,1H3,(H,15,17)(H,18,19). The van der Waals surface area contributed by atoms with Crippen LogP contribution in [0.2, 0.25) is 0 Å². The van der Waals surface area contributed by atoms with Crippen molar-refractivity contribution < 1.29 is 29.3 Å². The molecule has 7 nitrogen and oxygen atoms in total. The Kier molecular flexibility index (Phi) is 7.03. The molecule has 1 amide bonds. The zero-order chi connectivity index (χ0) is 15.7. The molecule has 0 aliphatic heterocycles. The number of hydrogen-bond donors (Lipinski definition) is 3. The SMILES string of the molecule is CCOc1ccccc1OCC(=O)NCCC(O)C(=O)O. The number of aliphatic hydroxyl groups excluding tert-OH is 1. The molecule has 0 fully saturated rings. The van der Waals surface area contributed by atoms with Crippen LogP contribution in [-0.4, -0.2) is 48.0 Å². The van der Waals surface area contributed by atoms with E-state index in [0.717, 1.165) is 0 Å². The molecule has 21 heavy (non-hydrogen) atoms. The summed E-state index contributed by atoms with van der Waals surface area (Å²) in [6.45, 7) is 2.17. The van der Waals surface area contributed by atoms with E-state index in [1.165, 1.54) is 0 Å². The van der Waals surface area contributed by atoms with Crippen molar-refractivity contribution in [3.8, 4) is 11.5 Å². The van der Waals surface area contributed by atoms with Gasteiger partial charge in [-0.2, -0.15) is 0 Å². The highest BCUT2D eigenvalue weighted by molar-refractivity contribution is 5.77. The molecule has 1 atom stereocenters. The molecule has 0 spiro atoms. The van der Waals surface area contributed by atoms with Crippen LogP contribution in [0.1, 0.15) is 13.3 Å². The summed E-state index contributed by atoms with van der Waals surface area (Å²) in [5.74, 6) is -0.709. The quantitative estimate of drug-likeness (QED) is 0.610. The summed E-state index contributed by atoms with van der Waals surface area (Å²) >= 11 is 0. The smallest absolute Gasteiger partial charge is 0.332 e. The van der Waals surface area contributed by atoms with Crippen LogP contribution in [0.5, 0.6) is 11.5 Å². The molecule has 0 aromatic heterocycles. The predicted molar refractivity (Wildman–Crippen MR) is 74.4 cm³/mol. The summed E-state index contributed by atoms with van der Waals surface area (Å²) in [5, 5.41) is 20.0. The minimum absolute atomic E-state index is 0.0583. The van der Waals surface area contributed by atoms with E-state index in [-0.39, 0.29) is 19.6 Å². The Morgan fingerprint density at radius 1 is 1.24 bits per heavy atom. The van der Waals surface area contributed by atoms with Crippen LogP contribution in [0, 0.1) is 0 Å². The fraction of sp³-hybridized carbons (Fsp3) is 0.429. The van der Waals surface area contributed by atoms with E-state index in [9.17, 15) is 9.59 Å². The second-order valence-electron chi connectivity index (χ2n) is 4.16. The van der Waals surface area contributed by atoms with Gasteiger partial charge in [-0.3, -0.25) is 4.79 Å². The number of carbonyl (C=O) groups excluding carboxylic acids is 1. The number of amides is 1. The zero-order valence-corrected chi connectivity index (χ0v) is 11.7. The van der Waals surface area contributed by atoms with Gasteiger partial charge in [-0.25, -0.2) is 4.79 Å². The summed E-state index contributed by atoms with van der Waals surface area (Å²) in [6.07, 6.45) is -1.54. The lowest BCUT2D eigenvalue weighted by Crippen LogP contribution is -2.33. The van der Waals surface area contributed by atoms with Gasteiger partial charge in [0.2, 0.25) is 0 Å². The maximum absolute atomic E-state index is 11.5. The first kappa shape index (κ1) is 16.8. The van der Waals surface area contributed by atoms with Crippen LogP contribution in [0.25, 0.3) is 0 Å². The van der Waals surface area contributed by atoms with Crippen LogP contribution in [0.15, 0.2) is 24.3 Å². The topological polar surface area (TPSA) is 105 Å². The van der Waals surface area contributed by atoms with E-state index >= 15 is 0 Å². The maximum Gasteiger partial charge on any atom is 0.332 e. The van der Waals surface area contributed by atoms with E-state index < -0.39 is 18.0 Å². The van der Waals surface area contributed by atoms with Gasteiger partial charge in [0.05, 0.1) is 6.61 Å². The number of hydrogen-bond acceptors (Lipinski definition) is 5. The first-order valence-corrected chi connectivity index (χ1v) is 6.56. The molecule has 1 aromatic carbocycles. The minimum Gasteiger partial charge on any atom is -0.490 e. The summed E-state index contributed by atoms with van der Waals surface area (Å²) in [5.41, 5.74) is 0. The molecule has 0 heterocycles. The molecule has 0 saturated heterocycles. The van der Waals surface area contributed by atoms with Gasteiger partial charge in [0.15, 0.2) is 24.2 Å². The zero-order valence-electron chi connectivity index (χ0n) is 11.7. The molecule has 1 unspecified atom stereocenters. The van der Waals surface area contributed by atoms with Crippen molar-refractivity contribution in [1.29, 1.82) is 0 Å². The number of carbonyl (C=O) groups is 2. The van der Waals surface area contributed by atoms with Crippen molar-refractivity contribution in [2.75, 3.05) is 19.8 Å². The number of rotatable bonds is 9. The summed E-state index contributed by atoms with van der Waals surface area (Å²) < 4.78 is 10.7. The third-order valence-electron chi connectivity index (χ3n) is 2.53. The highest BCUT2D eigenvalue weighted by Crippen LogP contribution is 2.26. The van der Waals surface area contributed by atoms with E-state index in [1.54, 1.807) is 24.3 Å². The van der Waals surface area contributed by atoms with Crippen LogP contribution >= 0.6 is 0 Å². The highest BCUT2D eigenvalue weighted by Gasteiger charge is 2.13. The highest BCUT2D eigenvalue weighted by atomic mass is 16.5. The van der Waals surface area contributed by atoms with Crippen LogP contribution in [-0.2, 0) is 9.59 Å². The molecule has 0 saturated carbocycles. The van der Waals surface area contributed by atoms with E-state index in [1.807, 2.05) is 6.92 Å². The molecule has 1 aromatic rings. The largest absolute Gasteiger partial charge is 0.490 e. The second-order valence-corrected chi connectivity index (χ2v) is 4.16. The molecule has 7 heteroatoms. The van der Waals surface area contributed by atoms with Crippen molar-refractivity contribution >= 4 is 11.9 Å². The van der Waals surface area contributed by atoms with Gasteiger partial charge in [-0.1, -0.05) is 12.1 Å². The lowest BCUT2D eigenvalue weighted by atomic mass is 10.2. The average Bonchev–Trinajstić information content (AvgIpc) is 2.46. The third-order valence-corrected chi connectivity index (χ3v) is 2.53. The van der Waals surface area contributed by atoms with Gasteiger partial charge in [0, 0.05) is 13.0 Å². The number of benzene rings is 1. The average molecular weight is 297 g/mol. The van der Waals surface area contributed by atoms with Crippen LogP contribution in [0.4, 0.5) is 0 Å². The monoisotopic (exact) mass is 297 g/mol. The van der Waals surface area contributed by atoms with Gasteiger partial charge in [0.25, 0.3) is 5.91 Å². The fourth-order valence-electron chi connectivity index (χ4n) is 1.51. The van der Waals surface area contributed by atoms with Crippen molar-refractivity contribution in [2.24, 2.45) is 0 Å². The number of nitrogens with one attached hydrogen (secondary N) is 1. The Hall–Kier alpha value is -2.28. The number of aliphatic carboxylic acids is 1. The Bertz CT molecular complexity index is 476. The number of carboxylic acid groups (broad SMARTS) is 1. The molecule has 0 bridgehead atoms. The molecular weight excluding hydrogens is 278 g/mol. The lowest BCUT2D eigenvalue weighted by molar-refractivity contribution is -0.147.